The average Bonchev–Trinajstić information content (AvgIpc) is 2.97. The summed E-state index contributed by atoms with van der Waals surface area (Å²) < 4.78 is 25.0. The first-order valence-corrected chi connectivity index (χ1v) is 8.60. The second-order valence-corrected chi connectivity index (χ2v) is 6.78. The number of nitrogens with zero attached hydrogens (tertiary/aromatic N) is 2. The van der Waals surface area contributed by atoms with Gasteiger partial charge in [-0.25, -0.2) is 9.37 Å². The number of hydrogen-bond donors (Lipinski definition) is 0. The van der Waals surface area contributed by atoms with Crippen LogP contribution in [0.2, 0.25) is 0 Å². The van der Waals surface area contributed by atoms with Crippen molar-refractivity contribution in [1.29, 1.82) is 0 Å². The smallest absolute Gasteiger partial charge is 0.227 e. The number of aromatic nitrogens is 1. The van der Waals surface area contributed by atoms with Gasteiger partial charge in [0.2, 0.25) is 5.89 Å². The molecule has 130 valence electrons. The predicted molar refractivity (Wildman–Crippen MR) is 94.7 cm³/mol. The molecule has 1 aliphatic heterocycles. The van der Waals surface area contributed by atoms with Gasteiger partial charge >= 0.3 is 0 Å². The predicted octanol–water partition coefficient (Wildman–Crippen LogP) is 4.24. The number of morpholine rings is 1. The molecule has 0 aliphatic carbocycles. The Morgan fingerprint density at radius 3 is 2.68 bits per heavy atom. The van der Waals surface area contributed by atoms with Gasteiger partial charge in [0, 0.05) is 25.2 Å². The molecule has 4 rings (SSSR count). The van der Waals surface area contributed by atoms with E-state index in [0.29, 0.717) is 17.0 Å². The summed E-state index contributed by atoms with van der Waals surface area (Å²) in [5.41, 5.74) is 3.35. The molecule has 1 saturated heterocycles. The molecule has 2 atom stereocenters. The third-order valence-electron chi connectivity index (χ3n) is 4.42. The molecule has 3 aromatic rings. The lowest BCUT2D eigenvalue weighted by molar-refractivity contribution is -0.0704. The molecule has 1 aromatic heterocycles. The summed E-state index contributed by atoms with van der Waals surface area (Å²) in [5, 5.41) is 0. The maximum Gasteiger partial charge on any atom is 0.227 e. The van der Waals surface area contributed by atoms with Crippen molar-refractivity contribution >= 4 is 11.1 Å². The Morgan fingerprint density at radius 1 is 1.12 bits per heavy atom. The van der Waals surface area contributed by atoms with E-state index in [1.54, 1.807) is 12.1 Å². The molecule has 0 amide bonds. The average molecular weight is 340 g/mol. The third kappa shape index (κ3) is 3.57. The van der Waals surface area contributed by atoms with Crippen LogP contribution in [-0.2, 0) is 11.3 Å². The van der Waals surface area contributed by atoms with Crippen LogP contribution < -0.4 is 0 Å². The lowest BCUT2D eigenvalue weighted by atomic mass is 10.1. The Morgan fingerprint density at radius 2 is 1.92 bits per heavy atom. The minimum absolute atomic E-state index is 0.249. The van der Waals surface area contributed by atoms with Crippen molar-refractivity contribution in [2.75, 3.05) is 13.1 Å². The fourth-order valence-corrected chi connectivity index (χ4v) is 3.49. The lowest BCUT2D eigenvalue weighted by Crippen LogP contribution is -2.44. The van der Waals surface area contributed by atoms with Crippen LogP contribution in [0.3, 0.4) is 0 Å². The van der Waals surface area contributed by atoms with E-state index >= 15 is 0 Å². The first-order chi connectivity index (χ1) is 12.1. The topological polar surface area (TPSA) is 38.5 Å². The second-order valence-electron chi connectivity index (χ2n) is 6.78. The minimum Gasteiger partial charge on any atom is -0.436 e. The van der Waals surface area contributed by atoms with Crippen LogP contribution in [0, 0.1) is 5.82 Å². The van der Waals surface area contributed by atoms with Crippen LogP contribution in [0.25, 0.3) is 22.6 Å². The van der Waals surface area contributed by atoms with E-state index in [4.69, 9.17) is 9.15 Å². The van der Waals surface area contributed by atoms with E-state index in [1.165, 1.54) is 17.7 Å². The number of halogens is 1. The van der Waals surface area contributed by atoms with Crippen LogP contribution >= 0.6 is 0 Å². The van der Waals surface area contributed by atoms with Crippen molar-refractivity contribution < 1.29 is 13.5 Å². The van der Waals surface area contributed by atoms with Gasteiger partial charge in [-0.15, -0.1) is 0 Å². The molecule has 1 fully saturated rings. The largest absolute Gasteiger partial charge is 0.436 e. The van der Waals surface area contributed by atoms with Crippen LogP contribution in [-0.4, -0.2) is 35.2 Å². The zero-order valence-electron chi connectivity index (χ0n) is 14.4. The summed E-state index contributed by atoms with van der Waals surface area (Å²) in [7, 11) is 0. The first-order valence-electron chi connectivity index (χ1n) is 8.60. The molecule has 25 heavy (non-hydrogen) atoms. The number of rotatable bonds is 3. The molecule has 0 spiro atoms. The highest BCUT2D eigenvalue weighted by Crippen LogP contribution is 2.26. The maximum absolute atomic E-state index is 13.4. The molecule has 0 radical (unpaired) electrons. The van der Waals surface area contributed by atoms with Crippen molar-refractivity contribution in [2.24, 2.45) is 0 Å². The molecule has 0 bridgehead atoms. The van der Waals surface area contributed by atoms with E-state index in [1.807, 2.05) is 12.1 Å². The standard InChI is InChI=1S/C20H21FN2O2/c1-13-10-23(11-14(2)24-13)12-15-6-7-19-18(8-15)22-20(25-19)16-4-3-5-17(21)9-16/h3-9,13-14H,10-12H2,1-2H3. The molecule has 2 unspecified atom stereocenters. The summed E-state index contributed by atoms with van der Waals surface area (Å²) in [6.45, 7) is 6.92. The van der Waals surface area contributed by atoms with Gasteiger partial charge in [0.15, 0.2) is 5.58 Å². The Balaban J connectivity index is 1.58. The second kappa shape index (κ2) is 6.58. The zero-order valence-corrected chi connectivity index (χ0v) is 14.4. The van der Waals surface area contributed by atoms with Gasteiger partial charge in [-0.1, -0.05) is 12.1 Å². The molecule has 0 saturated carbocycles. The van der Waals surface area contributed by atoms with Crippen LogP contribution in [0.1, 0.15) is 19.4 Å². The molecule has 2 aromatic carbocycles. The summed E-state index contributed by atoms with van der Waals surface area (Å²) in [4.78, 5) is 6.93. The fourth-order valence-electron chi connectivity index (χ4n) is 3.49. The summed E-state index contributed by atoms with van der Waals surface area (Å²) in [6, 6.07) is 12.3. The zero-order chi connectivity index (χ0) is 17.4. The number of fused-ring (bicyclic) bond motifs is 1. The minimum atomic E-state index is -0.295. The highest BCUT2D eigenvalue weighted by Gasteiger charge is 2.22. The van der Waals surface area contributed by atoms with Crippen molar-refractivity contribution in [3.63, 3.8) is 0 Å². The van der Waals surface area contributed by atoms with E-state index in [0.717, 1.165) is 25.2 Å². The maximum atomic E-state index is 13.4. The van der Waals surface area contributed by atoms with Gasteiger partial charge in [-0.2, -0.15) is 0 Å². The summed E-state index contributed by atoms with van der Waals surface area (Å²) >= 11 is 0. The molecular weight excluding hydrogens is 319 g/mol. The van der Waals surface area contributed by atoms with Crippen molar-refractivity contribution in [3.8, 4) is 11.5 Å². The van der Waals surface area contributed by atoms with Gasteiger partial charge in [0.1, 0.15) is 11.3 Å². The molecule has 0 N–H and O–H groups in total. The Kier molecular flexibility index (Phi) is 4.27. The molecular formula is C20H21FN2O2. The number of ether oxygens (including phenoxy) is 1. The molecule has 5 heteroatoms. The van der Waals surface area contributed by atoms with Crippen LogP contribution in [0.4, 0.5) is 4.39 Å². The van der Waals surface area contributed by atoms with Gasteiger partial charge < -0.3 is 9.15 Å². The van der Waals surface area contributed by atoms with Crippen LogP contribution in [0.5, 0.6) is 0 Å². The van der Waals surface area contributed by atoms with E-state index in [-0.39, 0.29) is 18.0 Å². The van der Waals surface area contributed by atoms with Gasteiger partial charge in [-0.3, -0.25) is 4.90 Å². The SMILES string of the molecule is CC1CN(Cc2ccc3oc(-c4cccc(F)c4)nc3c2)CC(C)O1. The third-order valence-corrected chi connectivity index (χ3v) is 4.42. The van der Waals surface area contributed by atoms with Crippen molar-refractivity contribution in [1.82, 2.24) is 9.88 Å². The van der Waals surface area contributed by atoms with E-state index in [2.05, 4.69) is 29.8 Å². The number of benzene rings is 2. The molecule has 2 heterocycles. The lowest BCUT2D eigenvalue weighted by Gasteiger charge is -2.35. The van der Waals surface area contributed by atoms with E-state index < -0.39 is 0 Å². The highest BCUT2D eigenvalue weighted by atomic mass is 19.1. The molecule has 4 nitrogen and oxygen atoms in total. The van der Waals surface area contributed by atoms with Crippen molar-refractivity contribution in [3.05, 3.63) is 53.8 Å². The number of oxazole rings is 1. The van der Waals surface area contributed by atoms with Gasteiger partial charge in [0.25, 0.3) is 0 Å². The monoisotopic (exact) mass is 340 g/mol. The van der Waals surface area contributed by atoms with Crippen molar-refractivity contribution in [2.45, 2.75) is 32.6 Å². The van der Waals surface area contributed by atoms with Gasteiger partial charge in [0.05, 0.1) is 12.2 Å². The molecule has 1 aliphatic rings. The van der Waals surface area contributed by atoms with Gasteiger partial charge in [-0.05, 0) is 49.7 Å². The Bertz CT molecular complexity index is 882. The Labute approximate surface area is 146 Å². The first kappa shape index (κ1) is 16.2. The van der Waals surface area contributed by atoms with Crippen LogP contribution in [0.15, 0.2) is 46.9 Å². The number of hydrogen-bond acceptors (Lipinski definition) is 4. The Hall–Kier alpha value is -2.24. The summed E-state index contributed by atoms with van der Waals surface area (Å²) in [6.07, 6.45) is 0.498. The quantitative estimate of drug-likeness (QED) is 0.715. The normalized spacial score (nSPS) is 21.7. The van der Waals surface area contributed by atoms with E-state index in [9.17, 15) is 4.39 Å². The highest BCUT2D eigenvalue weighted by molar-refractivity contribution is 5.76. The summed E-state index contributed by atoms with van der Waals surface area (Å²) in [5.74, 6) is 0.149. The fraction of sp³-hybridized carbons (Fsp3) is 0.350.